The van der Waals surface area contributed by atoms with E-state index in [4.69, 9.17) is 0 Å². The Bertz CT molecular complexity index is 131. The Labute approximate surface area is 83.5 Å². The highest BCUT2D eigenvalue weighted by molar-refractivity contribution is 4.77. The summed E-state index contributed by atoms with van der Waals surface area (Å²) in [6, 6.07) is 0.760. The van der Waals surface area contributed by atoms with Crippen LogP contribution in [0.4, 0.5) is 0 Å². The first-order valence-electron chi connectivity index (χ1n) is 5.98. The first-order valence-corrected chi connectivity index (χ1v) is 5.98. The highest BCUT2D eigenvalue weighted by Crippen LogP contribution is 2.23. The van der Waals surface area contributed by atoms with Gasteiger partial charge in [0.2, 0.25) is 0 Å². The van der Waals surface area contributed by atoms with Crippen molar-refractivity contribution in [2.45, 2.75) is 58.9 Å². The van der Waals surface area contributed by atoms with E-state index in [2.05, 4.69) is 25.7 Å². The minimum Gasteiger partial charge on any atom is -0.301 e. The van der Waals surface area contributed by atoms with Crippen molar-refractivity contribution < 1.29 is 0 Å². The molecule has 0 aromatic heterocycles. The van der Waals surface area contributed by atoms with Gasteiger partial charge in [-0.1, -0.05) is 26.2 Å². The first-order chi connectivity index (χ1) is 6.24. The molecule has 0 spiro atoms. The number of nitrogens with zero attached hydrogens (tertiary/aromatic N) is 1. The van der Waals surface area contributed by atoms with Crippen LogP contribution >= 0.6 is 0 Å². The van der Waals surface area contributed by atoms with Gasteiger partial charge in [-0.3, -0.25) is 0 Å². The molecule has 0 aromatic rings. The van der Waals surface area contributed by atoms with Crippen molar-refractivity contribution in [2.24, 2.45) is 5.92 Å². The average molecular weight is 183 g/mol. The summed E-state index contributed by atoms with van der Waals surface area (Å²) in [6.45, 7) is 9.62. The molecule has 13 heavy (non-hydrogen) atoms. The maximum absolute atomic E-state index is 2.62. The molecule has 0 N–H and O–H groups in total. The Morgan fingerprint density at radius 1 is 1.31 bits per heavy atom. The number of hydrogen-bond donors (Lipinski definition) is 0. The van der Waals surface area contributed by atoms with Crippen molar-refractivity contribution in [1.29, 1.82) is 0 Å². The Balaban J connectivity index is 2.10. The molecule has 0 bridgehead atoms. The fraction of sp³-hybridized carbons (Fsp3) is 1.00. The van der Waals surface area contributed by atoms with Crippen molar-refractivity contribution in [3.8, 4) is 0 Å². The lowest BCUT2D eigenvalue weighted by Gasteiger charge is -2.20. The molecule has 1 rings (SSSR count). The molecule has 1 unspecified atom stereocenters. The molecule has 0 radical (unpaired) electrons. The number of hydrogen-bond acceptors (Lipinski definition) is 1. The van der Waals surface area contributed by atoms with Gasteiger partial charge in [0.05, 0.1) is 0 Å². The van der Waals surface area contributed by atoms with Crippen LogP contribution in [0.5, 0.6) is 0 Å². The Kier molecular flexibility index (Phi) is 4.79. The lowest BCUT2D eigenvalue weighted by atomic mass is 10.0. The van der Waals surface area contributed by atoms with E-state index in [1.807, 2.05) is 0 Å². The maximum atomic E-state index is 2.62. The molecule has 1 aliphatic heterocycles. The number of unbranched alkanes of at least 4 members (excludes halogenated alkanes) is 2. The van der Waals surface area contributed by atoms with E-state index in [0.717, 1.165) is 12.0 Å². The van der Waals surface area contributed by atoms with E-state index < -0.39 is 0 Å². The molecule has 1 fully saturated rings. The standard InChI is InChI=1S/C12H25N/c1-4-5-6-7-12-8-9-13(10-12)11(2)3/h11-12H,4-10H2,1-3H3. The van der Waals surface area contributed by atoms with Crippen LogP contribution in [0.1, 0.15) is 52.9 Å². The highest BCUT2D eigenvalue weighted by Gasteiger charge is 2.23. The molecule has 0 aliphatic carbocycles. The van der Waals surface area contributed by atoms with Crippen molar-refractivity contribution in [3.05, 3.63) is 0 Å². The molecule has 0 amide bonds. The van der Waals surface area contributed by atoms with Crippen molar-refractivity contribution >= 4 is 0 Å². The summed E-state index contributed by atoms with van der Waals surface area (Å²) in [5.74, 6) is 1.01. The minimum absolute atomic E-state index is 0.760. The van der Waals surface area contributed by atoms with Crippen LogP contribution in [-0.4, -0.2) is 24.0 Å². The van der Waals surface area contributed by atoms with E-state index >= 15 is 0 Å². The fourth-order valence-corrected chi connectivity index (χ4v) is 2.25. The predicted molar refractivity (Wildman–Crippen MR) is 59.0 cm³/mol. The van der Waals surface area contributed by atoms with Gasteiger partial charge in [-0.05, 0) is 39.2 Å². The quantitative estimate of drug-likeness (QED) is 0.591. The van der Waals surface area contributed by atoms with E-state index in [1.54, 1.807) is 0 Å². The second-order valence-corrected chi connectivity index (χ2v) is 4.74. The van der Waals surface area contributed by atoms with Gasteiger partial charge in [0.25, 0.3) is 0 Å². The fourth-order valence-electron chi connectivity index (χ4n) is 2.25. The zero-order valence-corrected chi connectivity index (χ0v) is 9.55. The van der Waals surface area contributed by atoms with Crippen LogP contribution in [0.3, 0.4) is 0 Å². The number of likely N-dealkylation sites (tertiary alicyclic amines) is 1. The molecule has 0 saturated carbocycles. The van der Waals surface area contributed by atoms with Gasteiger partial charge in [0.1, 0.15) is 0 Å². The minimum atomic E-state index is 0.760. The van der Waals surface area contributed by atoms with Gasteiger partial charge in [0, 0.05) is 12.6 Å². The molecule has 1 atom stereocenters. The molecule has 1 saturated heterocycles. The lowest BCUT2D eigenvalue weighted by Crippen LogP contribution is -2.28. The van der Waals surface area contributed by atoms with Gasteiger partial charge in [-0.15, -0.1) is 0 Å². The zero-order valence-electron chi connectivity index (χ0n) is 9.55. The molecule has 1 nitrogen and oxygen atoms in total. The van der Waals surface area contributed by atoms with Crippen LogP contribution in [0.2, 0.25) is 0 Å². The molecule has 78 valence electrons. The summed E-state index contributed by atoms with van der Waals surface area (Å²) < 4.78 is 0. The van der Waals surface area contributed by atoms with Crippen LogP contribution in [0.25, 0.3) is 0 Å². The van der Waals surface area contributed by atoms with Gasteiger partial charge >= 0.3 is 0 Å². The second-order valence-electron chi connectivity index (χ2n) is 4.74. The zero-order chi connectivity index (χ0) is 9.68. The third kappa shape index (κ3) is 3.68. The van der Waals surface area contributed by atoms with Crippen molar-refractivity contribution in [2.75, 3.05) is 13.1 Å². The normalized spacial score (nSPS) is 24.5. The Morgan fingerprint density at radius 2 is 2.08 bits per heavy atom. The molecule has 1 heterocycles. The second kappa shape index (κ2) is 5.64. The van der Waals surface area contributed by atoms with Gasteiger partial charge in [-0.2, -0.15) is 0 Å². The number of rotatable bonds is 5. The van der Waals surface area contributed by atoms with Crippen molar-refractivity contribution in [1.82, 2.24) is 4.90 Å². The van der Waals surface area contributed by atoms with Gasteiger partial charge in [0.15, 0.2) is 0 Å². The maximum Gasteiger partial charge on any atom is 0.00387 e. The first kappa shape index (κ1) is 11.0. The summed E-state index contributed by atoms with van der Waals surface area (Å²) in [5.41, 5.74) is 0. The van der Waals surface area contributed by atoms with Crippen LogP contribution < -0.4 is 0 Å². The van der Waals surface area contributed by atoms with Gasteiger partial charge in [-0.25, -0.2) is 0 Å². The summed E-state index contributed by atoms with van der Waals surface area (Å²) in [5, 5.41) is 0. The molecule has 1 aliphatic rings. The van der Waals surface area contributed by atoms with Crippen LogP contribution in [0.15, 0.2) is 0 Å². The smallest absolute Gasteiger partial charge is 0.00387 e. The third-order valence-electron chi connectivity index (χ3n) is 3.26. The molecular formula is C12H25N. The topological polar surface area (TPSA) is 3.24 Å². The summed E-state index contributed by atoms with van der Waals surface area (Å²) in [4.78, 5) is 2.62. The van der Waals surface area contributed by atoms with Crippen molar-refractivity contribution in [3.63, 3.8) is 0 Å². The van der Waals surface area contributed by atoms with E-state index in [1.165, 1.54) is 45.2 Å². The molecule has 0 aromatic carbocycles. The van der Waals surface area contributed by atoms with E-state index in [0.29, 0.717) is 0 Å². The third-order valence-corrected chi connectivity index (χ3v) is 3.26. The summed E-state index contributed by atoms with van der Waals surface area (Å²) in [6.07, 6.45) is 7.16. The van der Waals surface area contributed by atoms with E-state index in [-0.39, 0.29) is 0 Å². The summed E-state index contributed by atoms with van der Waals surface area (Å²) in [7, 11) is 0. The Morgan fingerprint density at radius 3 is 2.62 bits per heavy atom. The summed E-state index contributed by atoms with van der Waals surface area (Å²) >= 11 is 0. The van der Waals surface area contributed by atoms with Crippen LogP contribution in [-0.2, 0) is 0 Å². The monoisotopic (exact) mass is 183 g/mol. The van der Waals surface area contributed by atoms with E-state index in [9.17, 15) is 0 Å². The highest BCUT2D eigenvalue weighted by atomic mass is 15.2. The predicted octanol–water partition coefficient (Wildman–Crippen LogP) is 3.30. The average Bonchev–Trinajstić information content (AvgIpc) is 2.53. The van der Waals surface area contributed by atoms with Crippen LogP contribution in [0, 0.1) is 5.92 Å². The SMILES string of the molecule is CCCCCC1CCN(C(C)C)C1. The largest absolute Gasteiger partial charge is 0.301 e. The lowest BCUT2D eigenvalue weighted by molar-refractivity contribution is 0.262. The molecule has 1 heteroatoms. The Hall–Kier alpha value is -0.0400. The van der Waals surface area contributed by atoms with Gasteiger partial charge < -0.3 is 4.90 Å². The molecular weight excluding hydrogens is 158 g/mol.